The molecule has 0 unspecified atom stereocenters. The molecule has 16 heavy (non-hydrogen) atoms. The summed E-state index contributed by atoms with van der Waals surface area (Å²) in [4.78, 5) is 0. The molecule has 3 nitrogen and oxygen atoms in total. The van der Waals surface area contributed by atoms with Crippen LogP contribution in [-0.4, -0.2) is 6.61 Å². The Morgan fingerprint density at radius 3 is 2.88 bits per heavy atom. The predicted octanol–water partition coefficient (Wildman–Crippen LogP) is 2.75. The van der Waals surface area contributed by atoms with Crippen LogP contribution in [0.5, 0.6) is 0 Å². The molecule has 1 aromatic rings. The molecule has 0 spiro atoms. The molecule has 1 heterocycles. The van der Waals surface area contributed by atoms with E-state index in [4.69, 9.17) is 14.9 Å². The molecule has 0 aromatic carbocycles. The van der Waals surface area contributed by atoms with Crippen LogP contribution in [0.3, 0.4) is 0 Å². The van der Waals surface area contributed by atoms with Gasteiger partial charge in [0.2, 0.25) is 0 Å². The fourth-order valence-corrected chi connectivity index (χ4v) is 2.07. The largest absolute Gasteiger partial charge is 0.464 e. The van der Waals surface area contributed by atoms with E-state index >= 15 is 0 Å². The number of aryl methyl sites for hydroxylation is 1. The molecule has 0 saturated heterocycles. The number of ether oxygens (including phenoxy) is 1. The maximum absolute atomic E-state index is 5.60. The first-order chi connectivity index (χ1) is 7.79. The molecule has 0 atom stereocenters. The summed E-state index contributed by atoms with van der Waals surface area (Å²) < 4.78 is 11.2. The van der Waals surface area contributed by atoms with Gasteiger partial charge in [0.1, 0.15) is 18.1 Å². The Labute approximate surface area is 97.0 Å². The summed E-state index contributed by atoms with van der Waals surface area (Å²) >= 11 is 0. The number of hydrogen-bond acceptors (Lipinski definition) is 3. The van der Waals surface area contributed by atoms with Gasteiger partial charge in [-0.2, -0.15) is 0 Å². The van der Waals surface area contributed by atoms with E-state index in [0.717, 1.165) is 29.6 Å². The fourth-order valence-electron chi connectivity index (χ4n) is 2.07. The van der Waals surface area contributed by atoms with Crippen molar-refractivity contribution in [1.82, 2.24) is 0 Å². The van der Waals surface area contributed by atoms with Gasteiger partial charge in [0, 0.05) is 18.7 Å². The van der Waals surface area contributed by atoms with E-state index in [-0.39, 0.29) is 0 Å². The molecular weight excluding hydrogens is 202 g/mol. The molecule has 0 radical (unpaired) electrons. The summed E-state index contributed by atoms with van der Waals surface area (Å²) in [5, 5.41) is 0. The predicted molar refractivity (Wildman–Crippen MR) is 63.0 cm³/mol. The first-order valence-corrected chi connectivity index (χ1v) is 6.15. The Kier molecular flexibility index (Phi) is 4.02. The minimum atomic E-state index is 0.539. The van der Waals surface area contributed by atoms with Gasteiger partial charge in [0.25, 0.3) is 0 Å². The lowest BCUT2D eigenvalue weighted by Gasteiger charge is -2.24. The maximum atomic E-state index is 5.60. The van der Waals surface area contributed by atoms with Crippen LogP contribution in [0.15, 0.2) is 10.5 Å². The van der Waals surface area contributed by atoms with E-state index < -0.39 is 0 Å². The zero-order chi connectivity index (χ0) is 11.4. The lowest BCUT2D eigenvalue weighted by molar-refractivity contribution is 0.0832. The topological polar surface area (TPSA) is 48.4 Å². The van der Waals surface area contributed by atoms with Crippen LogP contribution in [0.25, 0.3) is 0 Å². The van der Waals surface area contributed by atoms with Crippen LogP contribution >= 0.6 is 0 Å². The third kappa shape index (κ3) is 2.86. The van der Waals surface area contributed by atoms with E-state index in [2.05, 4.69) is 0 Å². The van der Waals surface area contributed by atoms with Crippen molar-refractivity contribution in [2.75, 3.05) is 6.61 Å². The first kappa shape index (κ1) is 11.7. The first-order valence-electron chi connectivity index (χ1n) is 6.15. The zero-order valence-corrected chi connectivity index (χ0v) is 10.00. The van der Waals surface area contributed by atoms with Gasteiger partial charge in [-0.25, -0.2) is 0 Å². The highest BCUT2D eigenvalue weighted by Gasteiger charge is 2.16. The van der Waals surface area contributed by atoms with Gasteiger partial charge in [-0.15, -0.1) is 0 Å². The lowest BCUT2D eigenvalue weighted by atomic mass is 9.83. The number of hydrogen-bond donors (Lipinski definition) is 1. The highest BCUT2D eigenvalue weighted by molar-refractivity contribution is 5.19. The summed E-state index contributed by atoms with van der Waals surface area (Å²) in [6.45, 7) is 3.91. The average molecular weight is 223 g/mol. The Bertz CT molecular complexity index is 329. The quantitative estimate of drug-likeness (QED) is 0.754. The van der Waals surface area contributed by atoms with Crippen molar-refractivity contribution in [3.8, 4) is 0 Å². The smallest absolute Gasteiger partial charge is 0.130 e. The Morgan fingerprint density at radius 2 is 2.31 bits per heavy atom. The summed E-state index contributed by atoms with van der Waals surface area (Å²) in [7, 11) is 0. The SMILES string of the molecule is Cc1oc(COCCC2CCC2)cc1CN. The second kappa shape index (κ2) is 5.51. The van der Waals surface area contributed by atoms with Crippen molar-refractivity contribution in [1.29, 1.82) is 0 Å². The van der Waals surface area contributed by atoms with Crippen molar-refractivity contribution < 1.29 is 9.15 Å². The Balaban J connectivity index is 1.67. The van der Waals surface area contributed by atoms with E-state index in [1.54, 1.807) is 0 Å². The highest BCUT2D eigenvalue weighted by atomic mass is 16.5. The lowest BCUT2D eigenvalue weighted by Crippen LogP contribution is -2.13. The Hall–Kier alpha value is -0.800. The highest BCUT2D eigenvalue weighted by Crippen LogP contribution is 2.29. The average Bonchev–Trinajstić information content (AvgIpc) is 2.56. The van der Waals surface area contributed by atoms with Crippen LogP contribution in [0.2, 0.25) is 0 Å². The molecule has 1 fully saturated rings. The molecule has 0 bridgehead atoms. The van der Waals surface area contributed by atoms with E-state index in [1.165, 1.54) is 25.7 Å². The molecule has 0 amide bonds. The minimum absolute atomic E-state index is 0.539. The van der Waals surface area contributed by atoms with Crippen molar-refractivity contribution in [3.05, 3.63) is 23.2 Å². The van der Waals surface area contributed by atoms with Crippen LogP contribution < -0.4 is 5.73 Å². The van der Waals surface area contributed by atoms with Gasteiger partial charge in [0.05, 0.1) is 0 Å². The molecule has 90 valence electrons. The standard InChI is InChI=1S/C13H21NO2/c1-10-12(8-14)7-13(16-10)9-15-6-5-11-3-2-4-11/h7,11H,2-6,8-9,14H2,1H3. The third-order valence-electron chi connectivity index (χ3n) is 3.43. The van der Waals surface area contributed by atoms with Gasteiger partial charge in [0.15, 0.2) is 0 Å². The number of rotatable bonds is 6. The van der Waals surface area contributed by atoms with E-state index in [0.29, 0.717) is 13.2 Å². The Morgan fingerprint density at radius 1 is 1.50 bits per heavy atom. The summed E-state index contributed by atoms with van der Waals surface area (Å²) in [5.74, 6) is 2.73. The maximum Gasteiger partial charge on any atom is 0.130 e. The second-order valence-electron chi connectivity index (χ2n) is 4.64. The summed E-state index contributed by atoms with van der Waals surface area (Å²) in [6, 6.07) is 2.00. The van der Waals surface area contributed by atoms with Gasteiger partial charge in [-0.3, -0.25) is 0 Å². The molecule has 1 aromatic heterocycles. The fraction of sp³-hybridized carbons (Fsp3) is 0.692. The molecule has 3 heteroatoms. The number of furan rings is 1. The normalized spacial score (nSPS) is 16.4. The molecule has 2 rings (SSSR count). The van der Waals surface area contributed by atoms with Crippen molar-refractivity contribution in [2.24, 2.45) is 11.7 Å². The van der Waals surface area contributed by atoms with Crippen molar-refractivity contribution in [3.63, 3.8) is 0 Å². The van der Waals surface area contributed by atoms with E-state index in [9.17, 15) is 0 Å². The van der Waals surface area contributed by atoms with Crippen LogP contribution in [-0.2, 0) is 17.9 Å². The summed E-state index contributed by atoms with van der Waals surface area (Å²) in [5.41, 5.74) is 6.66. The van der Waals surface area contributed by atoms with Gasteiger partial charge in [-0.05, 0) is 25.3 Å². The van der Waals surface area contributed by atoms with Gasteiger partial charge < -0.3 is 14.9 Å². The molecule has 2 N–H and O–H groups in total. The molecule has 1 aliphatic rings. The molecular formula is C13H21NO2. The monoisotopic (exact) mass is 223 g/mol. The molecule has 1 aliphatic carbocycles. The molecule has 0 aliphatic heterocycles. The van der Waals surface area contributed by atoms with Crippen molar-refractivity contribution in [2.45, 2.75) is 45.8 Å². The number of nitrogens with two attached hydrogens (primary N) is 1. The van der Waals surface area contributed by atoms with Gasteiger partial charge >= 0.3 is 0 Å². The van der Waals surface area contributed by atoms with Crippen LogP contribution in [0.1, 0.15) is 42.8 Å². The zero-order valence-electron chi connectivity index (χ0n) is 10.00. The van der Waals surface area contributed by atoms with Crippen LogP contribution in [0, 0.1) is 12.8 Å². The summed E-state index contributed by atoms with van der Waals surface area (Å²) in [6.07, 6.45) is 5.38. The minimum Gasteiger partial charge on any atom is -0.464 e. The second-order valence-corrected chi connectivity index (χ2v) is 4.64. The molecule has 1 saturated carbocycles. The van der Waals surface area contributed by atoms with Crippen molar-refractivity contribution >= 4 is 0 Å². The third-order valence-corrected chi connectivity index (χ3v) is 3.43. The van der Waals surface area contributed by atoms with Gasteiger partial charge in [-0.1, -0.05) is 19.3 Å². The van der Waals surface area contributed by atoms with Crippen LogP contribution in [0.4, 0.5) is 0 Å². The van der Waals surface area contributed by atoms with E-state index in [1.807, 2.05) is 13.0 Å².